The molecule has 6 nitrogen and oxygen atoms in total. The summed E-state index contributed by atoms with van der Waals surface area (Å²) >= 11 is 0. The Labute approximate surface area is 126 Å². The van der Waals surface area contributed by atoms with Crippen molar-refractivity contribution in [2.24, 2.45) is 0 Å². The van der Waals surface area contributed by atoms with Gasteiger partial charge in [-0.05, 0) is 18.2 Å². The maximum Gasteiger partial charge on any atom is 0.277 e. The number of nitrogens with zero attached hydrogens (tertiary/aromatic N) is 2. The lowest BCUT2D eigenvalue weighted by atomic mass is 10.1. The van der Waals surface area contributed by atoms with Gasteiger partial charge in [0, 0.05) is 12.3 Å². The standard InChI is InChI=1S/C16H13N3O3/c1-10(20)19-9-15(21)18-14(16(19)22)8-12-7-6-11-4-2-3-5-13(11)17-12/h2-8H,9H2,1H3,(H,18,21). The second-order valence-electron chi connectivity index (χ2n) is 4.95. The Balaban J connectivity index is 1.99. The molecule has 0 aliphatic carbocycles. The number of imide groups is 1. The van der Waals surface area contributed by atoms with E-state index in [4.69, 9.17) is 0 Å². The Morgan fingerprint density at radius 2 is 2.00 bits per heavy atom. The number of para-hydroxylation sites is 1. The third-order valence-electron chi connectivity index (χ3n) is 3.34. The van der Waals surface area contributed by atoms with Crippen LogP contribution in [0.1, 0.15) is 12.6 Å². The van der Waals surface area contributed by atoms with Crippen molar-refractivity contribution in [3.8, 4) is 0 Å². The Kier molecular flexibility index (Phi) is 3.42. The van der Waals surface area contributed by atoms with Gasteiger partial charge >= 0.3 is 0 Å². The number of fused-ring (bicyclic) bond motifs is 1. The normalized spacial score (nSPS) is 17.0. The topological polar surface area (TPSA) is 79.4 Å². The molecule has 3 amide bonds. The predicted molar refractivity (Wildman–Crippen MR) is 80.3 cm³/mol. The van der Waals surface area contributed by atoms with Gasteiger partial charge in [-0.25, -0.2) is 4.98 Å². The molecule has 0 saturated carbocycles. The summed E-state index contributed by atoms with van der Waals surface area (Å²) in [7, 11) is 0. The van der Waals surface area contributed by atoms with E-state index in [1.165, 1.54) is 13.0 Å². The predicted octanol–water partition coefficient (Wildman–Crippen LogP) is 1.08. The first-order valence-electron chi connectivity index (χ1n) is 6.74. The molecule has 3 rings (SSSR count). The highest BCUT2D eigenvalue weighted by atomic mass is 16.2. The maximum absolute atomic E-state index is 12.2. The van der Waals surface area contributed by atoms with Crippen LogP contribution in [-0.2, 0) is 14.4 Å². The largest absolute Gasteiger partial charge is 0.320 e. The van der Waals surface area contributed by atoms with Gasteiger partial charge in [0.1, 0.15) is 12.2 Å². The van der Waals surface area contributed by atoms with Crippen LogP contribution in [0.5, 0.6) is 0 Å². The Morgan fingerprint density at radius 1 is 1.23 bits per heavy atom. The molecule has 1 saturated heterocycles. The van der Waals surface area contributed by atoms with E-state index in [9.17, 15) is 14.4 Å². The smallest absolute Gasteiger partial charge is 0.277 e. The number of hydrogen-bond donors (Lipinski definition) is 1. The number of piperazine rings is 1. The van der Waals surface area contributed by atoms with Crippen molar-refractivity contribution in [3.05, 3.63) is 47.8 Å². The minimum atomic E-state index is -0.526. The summed E-state index contributed by atoms with van der Waals surface area (Å²) in [5, 5.41) is 3.47. The zero-order chi connectivity index (χ0) is 15.7. The highest BCUT2D eigenvalue weighted by Gasteiger charge is 2.30. The van der Waals surface area contributed by atoms with Gasteiger partial charge in [-0.3, -0.25) is 19.3 Å². The highest BCUT2D eigenvalue weighted by molar-refractivity contribution is 6.12. The molecule has 0 bridgehead atoms. The lowest BCUT2D eigenvalue weighted by molar-refractivity contribution is -0.147. The van der Waals surface area contributed by atoms with Gasteiger partial charge in [0.25, 0.3) is 5.91 Å². The lowest BCUT2D eigenvalue weighted by Gasteiger charge is -2.25. The van der Waals surface area contributed by atoms with Crippen molar-refractivity contribution in [3.63, 3.8) is 0 Å². The van der Waals surface area contributed by atoms with Crippen LogP contribution in [0.15, 0.2) is 42.1 Å². The molecule has 1 aliphatic rings. The van der Waals surface area contributed by atoms with Gasteiger partial charge < -0.3 is 5.32 Å². The van der Waals surface area contributed by atoms with Crippen molar-refractivity contribution in [2.45, 2.75) is 6.92 Å². The molecule has 110 valence electrons. The number of aromatic nitrogens is 1. The zero-order valence-electron chi connectivity index (χ0n) is 11.9. The molecular formula is C16H13N3O3. The van der Waals surface area contributed by atoms with Gasteiger partial charge in [0.2, 0.25) is 11.8 Å². The Morgan fingerprint density at radius 3 is 2.77 bits per heavy atom. The molecule has 6 heteroatoms. The van der Waals surface area contributed by atoms with Crippen molar-refractivity contribution in [1.82, 2.24) is 15.2 Å². The second-order valence-corrected chi connectivity index (χ2v) is 4.95. The van der Waals surface area contributed by atoms with Crippen LogP contribution >= 0.6 is 0 Å². The molecule has 22 heavy (non-hydrogen) atoms. The number of nitrogens with one attached hydrogen (secondary N) is 1. The van der Waals surface area contributed by atoms with Crippen LogP contribution in [0.3, 0.4) is 0 Å². The van der Waals surface area contributed by atoms with E-state index in [0.717, 1.165) is 15.8 Å². The van der Waals surface area contributed by atoms with Crippen molar-refractivity contribution >= 4 is 34.7 Å². The summed E-state index contributed by atoms with van der Waals surface area (Å²) in [6.07, 6.45) is 1.47. The number of hydrogen-bond acceptors (Lipinski definition) is 4. The highest BCUT2D eigenvalue weighted by Crippen LogP contribution is 2.15. The van der Waals surface area contributed by atoms with E-state index < -0.39 is 17.7 Å². The number of rotatable bonds is 1. The van der Waals surface area contributed by atoms with E-state index in [1.54, 1.807) is 6.07 Å². The molecule has 2 aromatic rings. The number of pyridine rings is 1. The fourth-order valence-electron chi connectivity index (χ4n) is 2.27. The van der Waals surface area contributed by atoms with Crippen LogP contribution in [0, 0.1) is 0 Å². The van der Waals surface area contributed by atoms with Crippen LogP contribution in [0.25, 0.3) is 17.0 Å². The fourth-order valence-corrected chi connectivity index (χ4v) is 2.27. The van der Waals surface area contributed by atoms with E-state index in [0.29, 0.717) is 5.69 Å². The monoisotopic (exact) mass is 295 g/mol. The molecule has 0 unspecified atom stereocenters. The third-order valence-corrected chi connectivity index (χ3v) is 3.34. The summed E-state index contributed by atoms with van der Waals surface area (Å²) in [6, 6.07) is 11.2. The van der Waals surface area contributed by atoms with Gasteiger partial charge in [0.05, 0.1) is 11.2 Å². The van der Waals surface area contributed by atoms with E-state index in [-0.39, 0.29) is 12.2 Å². The number of carbonyl (C=O) groups excluding carboxylic acids is 3. The third kappa shape index (κ3) is 2.58. The summed E-state index contributed by atoms with van der Waals surface area (Å²) in [5.41, 5.74) is 1.37. The first-order valence-corrected chi connectivity index (χ1v) is 6.74. The summed E-state index contributed by atoms with van der Waals surface area (Å²) in [4.78, 5) is 40.5. The van der Waals surface area contributed by atoms with Gasteiger partial charge in [0.15, 0.2) is 0 Å². The number of carbonyl (C=O) groups is 3. The van der Waals surface area contributed by atoms with E-state index in [1.807, 2.05) is 30.3 Å². The second kappa shape index (κ2) is 5.40. The van der Waals surface area contributed by atoms with Crippen LogP contribution in [-0.4, -0.2) is 34.2 Å². The quantitative estimate of drug-likeness (QED) is 0.798. The van der Waals surface area contributed by atoms with Gasteiger partial charge in [-0.1, -0.05) is 24.3 Å². The molecular weight excluding hydrogens is 282 g/mol. The first-order chi connectivity index (χ1) is 10.5. The van der Waals surface area contributed by atoms with E-state index >= 15 is 0 Å². The minimum absolute atomic E-state index is 0.0502. The molecule has 0 radical (unpaired) electrons. The first kappa shape index (κ1) is 13.9. The average molecular weight is 295 g/mol. The van der Waals surface area contributed by atoms with Crippen LogP contribution < -0.4 is 5.32 Å². The molecule has 1 aliphatic heterocycles. The maximum atomic E-state index is 12.2. The van der Waals surface area contributed by atoms with Gasteiger partial charge in [-0.2, -0.15) is 0 Å². The van der Waals surface area contributed by atoms with E-state index in [2.05, 4.69) is 10.3 Å². The molecule has 2 heterocycles. The Hall–Kier alpha value is -3.02. The SMILES string of the molecule is CC(=O)N1CC(=O)NC(=Cc2ccc3ccccc3n2)C1=O. The minimum Gasteiger partial charge on any atom is -0.320 e. The molecule has 0 spiro atoms. The summed E-state index contributed by atoms with van der Waals surface area (Å²) in [5.74, 6) is -1.39. The van der Waals surface area contributed by atoms with Crippen molar-refractivity contribution in [2.75, 3.05) is 6.54 Å². The molecule has 1 aromatic heterocycles. The van der Waals surface area contributed by atoms with Crippen LogP contribution in [0.4, 0.5) is 0 Å². The molecule has 1 N–H and O–H groups in total. The van der Waals surface area contributed by atoms with Crippen LogP contribution in [0.2, 0.25) is 0 Å². The average Bonchev–Trinajstić information content (AvgIpc) is 2.50. The molecule has 0 atom stereocenters. The molecule has 1 fully saturated rings. The zero-order valence-corrected chi connectivity index (χ0v) is 11.9. The van der Waals surface area contributed by atoms with Crippen molar-refractivity contribution in [1.29, 1.82) is 0 Å². The van der Waals surface area contributed by atoms with Crippen molar-refractivity contribution < 1.29 is 14.4 Å². The number of benzene rings is 1. The Bertz CT molecular complexity index is 826. The summed E-state index contributed by atoms with van der Waals surface area (Å²) < 4.78 is 0. The molecule has 1 aromatic carbocycles. The lowest BCUT2D eigenvalue weighted by Crippen LogP contribution is -2.51. The summed E-state index contributed by atoms with van der Waals surface area (Å²) in [6.45, 7) is 0.999. The van der Waals surface area contributed by atoms with Gasteiger partial charge in [-0.15, -0.1) is 0 Å². The number of amides is 3. The fraction of sp³-hybridized carbons (Fsp3) is 0.125.